The number of nitrogens with zero attached hydrogens (tertiary/aromatic N) is 3. The van der Waals surface area contributed by atoms with Gasteiger partial charge in [-0.05, 0) is 50.1 Å². The summed E-state index contributed by atoms with van der Waals surface area (Å²) in [7, 11) is -3.55. The number of hydrogen-bond acceptors (Lipinski definition) is 5. The second-order valence-electron chi connectivity index (χ2n) is 7.89. The molecule has 2 aromatic rings. The van der Waals surface area contributed by atoms with E-state index < -0.39 is 10.0 Å². The summed E-state index contributed by atoms with van der Waals surface area (Å²) in [5, 5.41) is 0. The van der Waals surface area contributed by atoms with Crippen LogP contribution >= 0.6 is 0 Å². The van der Waals surface area contributed by atoms with E-state index in [0.717, 1.165) is 29.9 Å². The highest BCUT2D eigenvalue weighted by molar-refractivity contribution is 7.89. The number of piperazine rings is 1. The SMILES string of the molecule is CC(=O)CN1CCc2ccc(S(=O)(=O)N3CCN(c4ccc(C)cc4)CC3)cc21. The first-order valence-electron chi connectivity index (χ1n) is 10.0. The van der Waals surface area contributed by atoms with Gasteiger partial charge in [-0.3, -0.25) is 4.79 Å². The molecule has 0 bridgehead atoms. The summed E-state index contributed by atoms with van der Waals surface area (Å²) in [6.07, 6.45) is 0.845. The van der Waals surface area contributed by atoms with E-state index in [1.165, 1.54) is 5.56 Å². The lowest BCUT2D eigenvalue weighted by Crippen LogP contribution is -2.48. The van der Waals surface area contributed by atoms with Gasteiger partial charge in [0, 0.05) is 44.1 Å². The highest BCUT2D eigenvalue weighted by atomic mass is 32.2. The molecule has 0 unspecified atom stereocenters. The fraction of sp³-hybridized carbons (Fsp3) is 0.409. The molecule has 2 aromatic carbocycles. The molecule has 0 radical (unpaired) electrons. The number of fused-ring (bicyclic) bond motifs is 1. The van der Waals surface area contributed by atoms with E-state index in [1.54, 1.807) is 23.4 Å². The van der Waals surface area contributed by atoms with Crippen LogP contribution in [0.25, 0.3) is 0 Å². The van der Waals surface area contributed by atoms with Gasteiger partial charge in [-0.15, -0.1) is 0 Å². The van der Waals surface area contributed by atoms with Crippen LogP contribution < -0.4 is 9.80 Å². The Morgan fingerprint density at radius 2 is 1.66 bits per heavy atom. The van der Waals surface area contributed by atoms with Crippen molar-refractivity contribution in [1.82, 2.24) is 4.31 Å². The van der Waals surface area contributed by atoms with Crippen LogP contribution in [0.4, 0.5) is 11.4 Å². The van der Waals surface area contributed by atoms with Gasteiger partial charge in [0.15, 0.2) is 0 Å². The summed E-state index contributed by atoms with van der Waals surface area (Å²) in [6, 6.07) is 13.7. The number of benzene rings is 2. The summed E-state index contributed by atoms with van der Waals surface area (Å²) in [4.78, 5) is 16.1. The monoisotopic (exact) mass is 413 g/mol. The smallest absolute Gasteiger partial charge is 0.243 e. The number of Topliss-reactive ketones (excluding diaryl/α,β-unsaturated/α-hetero) is 1. The van der Waals surface area contributed by atoms with Crippen molar-refractivity contribution in [2.75, 3.05) is 49.1 Å². The molecule has 4 rings (SSSR count). The standard InChI is InChI=1S/C22H27N3O3S/c1-17-3-6-20(7-4-17)23-11-13-25(14-12-23)29(27,28)21-8-5-19-9-10-24(16-18(2)26)22(19)15-21/h3-8,15H,9-14,16H2,1-2H3. The van der Waals surface area contributed by atoms with E-state index in [2.05, 4.69) is 36.1 Å². The molecular weight excluding hydrogens is 386 g/mol. The number of aryl methyl sites for hydroxylation is 1. The lowest BCUT2D eigenvalue weighted by molar-refractivity contribution is -0.115. The normalized spacial score (nSPS) is 17.4. The van der Waals surface area contributed by atoms with E-state index in [9.17, 15) is 13.2 Å². The maximum Gasteiger partial charge on any atom is 0.243 e. The lowest BCUT2D eigenvalue weighted by atomic mass is 10.2. The zero-order chi connectivity index (χ0) is 20.6. The Balaban J connectivity index is 1.50. The van der Waals surface area contributed by atoms with Crippen LogP contribution in [0.15, 0.2) is 47.4 Å². The van der Waals surface area contributed by atoms with Crippen molar-refractivity contribution in [3.8, 4) is 0 Å². The van der Waals surface area contributed by atoms with Crippen molar-refractivity contribution in [3.63, 3.8) is 0 Å². The molecule has 2 heterocycles. The minimum Gasteiger partial charge on any atom is -0.369 e. The van der Waals surface area contributed by atoms with Gasteiger partial charge in [-0.2, -0.15) is 4.31 Å². The highest BCUT2D eigenvalue weighted by Gasteiger charge is 2.30. The second kappa shape index (κ2) is 7.80. The maximum atomic E-state index is 13.2. The zero-order valence-electron chi connectivity index (χ0n) is 17.0. The third-order valence-electron chi connectivity index (χ3n) is 5.74. The van der Waals surface area contributed by atoms with Gasteiger partial charge in [0.2, 0.25) is 10.0 Å². The fourth-order valence-corrected chi connectivity index (χ4v) is 5.55. The Morgan fingerprint density at radius 3 is 2.31 bits per heavy atom. The van der Waals surface area contributed by atoms with E-state index >= 15 is 0 Å². The van der Waals surface area contributed by atoms with Gasteiger partial charge in [0.05, 0.1) is 11.4 Å². The van der Waals surface area contributed by atoms with E-state index in [-0.39, 0.29) is 5.78 Å². The molecule has 0 N–H and O–H groups in total. The first-order chi connectivity index (χ1) is 13.8. The van der Waals surface area contributed by atoms with Crippen molar-refractivity contribution in [3.05, 3.63) is 53.6 Å². The number of carbonyl (C=O) groups is 1. The van der Waals surface area contributed by atoms with Gasteiger partial charge in [0.25, 0.3) is 0 Å². The summed E-state index contributed by atoms with van der Waals surface area (Å²) in [5.74, 6) is 0.0818. The molecule has 7 heteroatoms. The van der Waals surface area contributed by atoms with Crippen molar-refractivity contribution in [2.24, 2.45) is 0 Å². The van der Waals surface area contributed by atoms with Crippen molar-refractivity contribution in [2.45, 2.75) is 25.2 Å². The first-order valence-corrected chi connectivity index (χ1v) is 11.5. The Labute approximate surface area is 172 Å². The van der Waals surface area contributed by atoms with Crippen LogP contribution in [-0.2, 0) is 21.2 Å². The third-order valence-corrected chi connectivity index (χ3v) is 7.63. The van der Waals surface area contributed by atoms with Crippen LogP contribution in [0.2, 0.25) is 0 Å². The highest BCUT2D eigenvalue weighted by Crippen LogP contribution is 2.32. The molecule has 29 heavy (non-hydrogen) atoms. The average molecular weight is 414 g/mol. The predicted molar refractivity (Wildman–Crippen MR) is 115 cm³/mol. The predicted octanol–water partition coefficient (Wildman–Crippen LogP) is 2.46. The summed E-state index contributed by atoms with van der Waals surface area (Å²) >= 11 is 0. The van der Waals surface area contributed by atoms with Crippen molar-refractivity contribution < 1.29 is 13.2 Å². The van der Waals surface area contributed by atoms with Crippen LogP contribution in [0, 0.1) is 6.92 Å². The minimum absolute atomic E-state index is 0.0818. The topological polar surface area (TPSA) is 60.9 Å². The van der Waals surface area contributed by atoms with Crippen LogP contribution in [0.3, 0.4) is 0 Å². The molecule has 6 nitrogen and oxygen atoms in total. The molecule has 154 valence electrons. The van der Waals surface area contributed by atoms with Gasteiger partial charge in [-0.25, -0.2) is 8.42 Å². The molecule has 0 spiro atoms. The van der Waals surface area contributed by atoms with E-state index in [1.807, 2.05) is 11.0 Å². The van der Waals surface area contributed by atoms with Gasteiger partial charge < -0.3 is 9.80 Å². The van der Waals surface area contributed by atoms with Crippen LogP contribution in [0.5, 0.6) is 0 Å². The fourth-order valence-electron chi connectivity index (χ4n) is 4.11. The molecule has 2 aliphatic heterocycles. The molecule has 0 aromatic heterocycles. The summed E-state index contributed by atoms with van der Waals surface area (Å²) in [6.45, 7) is 6.97. The van der Waals surface area contributed by atoms with Gasteiger partial charge >= 0.3 is 0 Å². The summed E-state index contributed by atoms with van der Waals surface area (Å²) in [5.41, 5.74) is 4.32. The van der Waals surface area contributed by atoms with E-state index in [4.69, 9.17) is 0 Å². The number of carbonyl (C=O) groups excluding carboxylic acids is 1. The van der Waals surface area contributed by atoms with Crippen molar-refractivity contribution in [1.29, 1.82) is 0 Å². The maximum absolute atomic E-state index is 13.2. The number of hydrogen-bond donors (Lipinski definition) is 0. The largest absolute Gasteiger partial charge is 0.369 e. The molecule has 1 saturated heterocycles. The second-order valence-corrected chi connectivity index (χ2v) is 9.83. The Morgan fingerprint density at radius 1 is 0.966 bits per heavy atom. The number of sulfonamides is 1. The Kier molecular flexibility index (Phi) is 5.36. The molecule has 0 saturated carbocycles. The molecule has 0 aliphatic carbocycles. The van der Waals surface area contributed by atoms with Crippen LogP contribution in [-0.4, -0.2) is 57.8 Å². The molecular formula is C22H27N3O3S. The van der Waals surface area contributed by atoms with Gasteiger partial charge in [0.1, 0.15) is 5.78 Å². The quantitative estimate of drug-likeness (QED) is 0.754. The average Bonchev–Trinajstić information content (AvgIpc) is 3.10. The number of anilines is 2. The van der Waals surface area contributed by atoms with Crippen LogP contribution in [0.1, 0.15) is 18.1 Å². The Hall–Kier alpha value is -2.38. The van der Waals surface area contributed by atoms with Crippen molar-refractivity contribution >= 4 is 27.2 Å². The minimum atomic E-state index is -3.55. The van der Waals surface area contributed by atoms with E-state index in [0.29, 0.717) is 37.6 Å². The third kappa shape index (κ3) is 4.02. The first kappa shape index (κ1) is 19.9. The molecule has 2 aliphatic rings. The zero-order valence-corrected chi connectivity index (χ0v) is 17.8. The Bertz CT molecular complexity index is 1010. The molecule has 0 atom stereocenters. The summed E-state index contributed by atoms with van der Waals surface area (Å²) < 4.78 is 28.0. The number of rotatable bonds is 5. The molecule has 0 amide bonds. The van der Waals surface area contributed by atoms with Gasteiger partial charge in [-0.1, -0.05) is 23.8 Å². The number of ketones is 1. The lowest BCUT2D eigenvalue weighted by Gasteiger charge is -2.35. The molecule has 1 fully saturated rings.